The van der Waals surface area contributed by atoms with Gasteiger partial charge in [-0.1, -0.05) is 13.0 Å². The molecule has 0 saturated heterocycles. The van der Waals surface area contributed by atoms with E-state index >= 15 is 0 Å². The fourth-order valence-electron chi connectivity index (χ4n) is 2.89. The third-order valence-electron chi connectivity index (χ3n) is 4.70. The van der Waals surface area contributed by atoms with Crippen molar-refractivity contribution in [3.63, 3.8) is 0 Å². The predicted octanol–water partition coefficient (Wildman–Crippen LogP) is 2.58. The molecular formula is C21H26N2O6. The summed E-state index contributed by atoms with van der Waals surface area (Å²) in [5, 5.41) is 12.4. The average Bonchev–Trinajstić information content (AvgIpc) is 2.71. The van der Waals surface area contributed by atoms with Gasteiger partial charge in [-0.25, -0.2) is 4.98 Å². The molecule has 1 aromatic carbocycles. The summed E-state index contributed by atoms with van der Waals surface area (Å²) in [6, 6.07) is 7.15. The Bertz CT molecular complexity index is 883. The molecule has 0 aliphatic heterocycles. The smallest absolute Gasteiger partial charge is 0.325 e. The van der Waals surface area contributed by atoms with Gasteiger partial charge in [-0.3, -0.25) is 9.59 Å². The van der Waals surface area contributed by atoms with E-state index in [1.165, 1.54) is 19.4 Å². The number of nitrogens with one attached hydrogen (secondary N) is 1. The zero-order valence-electron chi connectivity index (χ0n) is 17.2. The van der Waals surface area contributed by atoms with Gasteiger partial charge >= 0.3 is 5.97 Å². The SMILES string of the molecule is COc1ccc([C@H](C)[C@H](C)OC(=O)CNC(=O)c2nccc(OC)c2O)c(C)c1. The number of aromatic hydroxyl groups is 1. The summed E-state index contributed by atoms with van der Waals surface area (Å²) in [7, 11) is 2.97. The number of aromatic nitrogens is 1. The molecule has 29 heavy (non-hydrogen) atoms. The normalized spacial score (nSPS) is 12.6. The molecule has 2 aromatic rings. The number of methoxy groups -OCH3 is 2. The number of rotatable bonds is 8. The first kappa shape index (κ1) is 22.0. The number of amides is 1. The van der Waals surface area contributed by atoms with Gasteiger partial charge in [0.25, 0.3) is 5.91 Å². The summed E-state index contributed by atoms with van der Waals surface area (Å²) in [4.78, 5) is 28.1. The highest BCUT2D eigenvalue weighted by atomic mass is 16.5. The van der Waals surface area contributed by atoms with Crippen LogP contribution in [-0.2, 0) is 9.53 Å². The maximum atomic E-state index is 12.2. The second-order valence-electron chi connectivity index (χ2n) is 6.60. The van der Waals surface area contributed by atoms with E-state index in [0.29, 0.717) is 0 Å². The number of pyridine rings is 1. The highest BCUT2D eigenvalue weighted by molar-refractivity contribution is 5.97. The van der Waals surface area contributed by atoms with Crippen molar-refractivity contribution in [2.24, 2.45) is 0 Å². The van der Waals surface area contributed by atoms with E-state index in [4.69, 9.17) is 14.2 Å². The van der Waals surface area contributed by atoms with Gasteiger partial charge in [-0.05, 0) is 37.1 Å². The quantitative estimate of drug-likeness (QED) is 0.654. The Hall–Kier alpha value is -3.29. The van der Waals surface area contributed by atoms with Crippen LogP contribution in [0.25, 0.3) is 0 Å². The Morgan fingerprint density at radius 3 is 2.52 bits per heavy atom. The van der Waals surface area contributed by atoms with Crippen molar-refractivity contribution < 1.29 is 28.9 Å². The summed E-state index contributed by atoms with van der Waals surface area (Å²) in [6.07, 6.45) is 0.919. The summed E-state index contributed by atoms with van der Waals surface area (Å²) in [5.74, 6) is -0.857. The molecule has 156 valence electrons. The summed E-state index contributed by atoms with van der Waals surface area (Å²) >= 11 is 0. The van der Waals surface area contributed by atoms with Crippen molar-refractivity contribution in [1.29, 1.82) is 0 Å². The first-order chi connectivity index (χ1) is 13.8. The highest BCUT2D eigenvalue weighted by Gasteiger charge is 2.22. The lowest BCUT2D eigenvalue weighted by Crippen LogP contribution is -2.33. The van der Waals surface area contributed by atoms with Crippen LogP contribution in [0.1, 0.15) is 41.4 Å². The fraction of sp³-hybridized carbons (Fsp3) is 0.381. The van der Waals surface area contributed by atoms with Crippen LogP contribution in [-0.4, -0.2) is 48.8 Å². The molecular weight excluding hydrogens is 376 g/mol. The topological polar surface area (TPSA) is 107 Å². The number of ether oxygens (including phenoxy) is 3. The predicted molar refractivity (Wildman–Crippen MR) is 106 cm³/mol. The van der Waals surface area contributed by atoms with Crippen LogP contribution >= 0.6 is 0 Å². The highest BCUT2D eigenvalue weighted by Crippen LogP contribution is 2.28. The van der Waals surface area contributed by atoms with Crippen LogP contribution in [0, 0.1) is 6.92 Å². The molecule has 0 aliphatic carbocycles. The minimum absolute atomic E-state index is 0.0512. The molecule has 0 aliphatic rings. The van der Waals surface area contributed by atoms with Crippen LogP contribution in [0.3, 0.4) is 0 Å². The fourth-order valence-corrected chi connectivity index (χ4v) is 2.89. The molecule has 0 saturated carbocycles. The van der Waals surface area contributed by atoms with E-state index in [0.717, 1.165) is 16.9 Å². The van der Waals surface area contributed by atoms with Crippen molar-refractivity contribution in [3.05, 3.63) is 47.3 Å². The third kappa shape index (κ3) is 5.37. The minimum atomic E-state index is -0.704. The number of hydrogen-bond acceptors (Lipinski definition) is 7. The lowest BCUT2D eigenvalue weighted by atomic mass is 9.92. The van der Waals surface area contributed by atoms with E-state index < -0.39 is 23.7 Å². The van der Waals surface area contributed by atoms with Gasteiger partial charge in [-0.2, -0.15) is 0 Å². The second kappa shape index (κ2) is 9.77. The zero-order chi connectivity index (χ0) is 21.6. The molecule has 0 unspecified atom stereocenters. The molecule has 8 heteroatoms. The van der Waals surface area contributed by atoms with Gasteiger partial charge < -0.3 is 24.6 Å². The molecule has 2 N–H and O–H groups in total. The Labute approximate surface area is 169 Å². The van der Waals surface area contributed by atoms with Crippen molar-refractivity contribution in [3.8, 4) is 17.2 Å². The molecule has 8 nitrogen and oxygen atoms in total. The Kier molecular flexibility index (Phi) is 7.41. The molecule has 0 spiro atoms. The standard InChI is InChI=1S/C21H26N2O6/c1-12-10-15(27-4)6-7-16(12)13(2)14(3)29-18(24)11-23-21(26)19-20(25)17(28-5)8-9-22-19/h6-10,13-14,25H,11H2,1-5H3,(H,23,26)/t13-,14+/m1/s1. The van der Waals surface area contributed by atoms with E-state index in [9.17, 15) is 14.7 Å². The third-order valence-corrected chi connectivity index (χ3v) is 4.70. The molecule has 2 rings (SSSR count). The number of carbonyl (C=O) groups is 2. The molecule has 0 bridgehead atoms. The van der Waals surface area contributed by atoms with Crippen molar-refractivity contribution in [1.82, 2.24) is 10.3 Å². The van der Waals surface area contributed by atoms with Gasteiger partial charge in [0.2, 0.25) is 0 Å². The molecule has 1 amide bonds. The van der Waals surface area contributed by atoms with Crippen molar-refractivity contribution in [2.45, 2.75) is 32.8 Å². The van der Waals surface area contributed by atoms with E-state index in [1.807, 2.05) is 32.0 Å². The van der Waals surface area contributed by atoms with E-state index in [2.05, 4.69) is 10.3 Å². The van der Waals surface area contributed by atoms with Crippen LogP contribution < -0.4 is 14.8 Å². The number of hydrogen-bond donors (Lipinski definition) is 2. The van der Waals surface area contributed by atoms with Crippen molar-refractivity contribution >= 4 is 11.9 Å². The second-order valence-corrected chi connectivity index (χ2v) is 6.60. The van der Waals surface area contributed by atoms with Crippen LogP contribution in [0.5, 0.6) is 17.2 Å². The largest absolute Gasteiger partial charge is 0.503 e. The lowest BCUT2D eigenvalue weighted by Gasteiger charge is -2.22. The molecule has 2 atom stereocenters. The Balaban J connectivity index is 1.94. The number of aryl methyl sites for hydroxylation is 1. The number of esters is 1. The first-order valence-electron chi connectivity index (χ1n) is 9.12. The summed E-state index contributed by atoms with van der Waals surface area (Å²) in [6.45, 7) is 5.37. The van der Waals surface area contributed by atoms with Crippen molar-refractivity contribution in [2.75, 3.05) is 20.8 Å². The maximum Gasteiger partial charge on any atom is 0.325 e. The number of carbonyl (C=O) groups excluding carboxylic acids is 2. The minimum Gasteiger partial charge on any atom is -0.503 e. The van der Waals surface area contributed by atoms with Crippen LogP contribution in [0.15, 0.2) is 30.5 Å². The maximum absolute atomic E-state index is 12.2. The number of nitrogens with zero attached hydrogens (tertiary/aromatic N) is 1. The summed E-state index contributed by atoms with van der Waals surface area (Å²) < 4.78 is 15.6. The van der Waals surface area contributed by atoms with Gasteiger partial charge in [0, 0.05) is 18.2 Å². The van der Waals surface area contributed by atoms with E-state index in [1.54, 1.807) is 14.0 Å². The Morgan fingerprint density at radius 2 is 1.90 bits per heavy atom. The molecule has 0 radical (unpaired) electrons. The molecule has 1 aromatic heterocycles. The van der Waals surface area contributed by atoms with Gasteiger partial charge in [0.15, 0.2) is 17.2 Å². The first-order valence-corrected chi connectivity index (χ1v) is 9.12. The van der Waals surface area contributed by atoms with Gasteiger partial charge in [0.05, 0.1) is 14.2 Å². The van der Waals surface area contributed by atoms with E-state index in [-0.39, 0.29) is 23.9 Å². The van der Waals surface area contributed by atoms with Crippen LogP contribution in [0.4, 0.5) is 0 Å². The molecule has 1 heterocycles. The van der Waals surface area contributed by atoms with Crippen LogP contribution in [0.2, 0.25) is 0 Å². The lowest BCUT2D eigenvalue weighted by molar-refractivity contribution is -0.147. The Morgan fingerprint density at radius 1 is 1.17 bits per heavy atom. The zero-order valence-corrected chi connectivity index (χ0v) is 17.2. The van der Waals surface area contributed by atoms with Gasteiger partial charge in [0.1, 0.15) is 18.4 Å². The monoisotopic (exact) mass is 402 g/mol. The summed E-state index contributed by atoms with van der Waals surface area (Å²) in [5.41, 5.74) is 1.85. The van der Waals surface area contributed by atoms with Gasteiger partial charge in [-0.15, -0.1) is 0 Å². The molecule has 0 fully saturated rings. The average molecular weight is 402 g/mol. The number of benzene rings is 1.